The summed E-state index contributed by atoms with van der Waals surface area (Å²) in [6.07, 6.45) is 8.92. The number of benzene rings is 1. The third-order valence-electron chi connectivity index (χ3n) is 3.74. The zero-order chi connectivity index (χ0) is 16.1. The number of hydrogen-bond donors (Lipinski definition) is 1. The van der Waals surface area contributed by atoms with E-state index in [4.69, 9.17) is 5.11 Å². The van der Waals surface area contributed by atoms with Gasteiger partial charge in [0.25, 0.3) is 0 Å². The van der Waals surface area contributed by atoms with E-state index in [1.165, 1.54) is 19.9 Å². The maximum atomic E-state index is 9.04. The summed E-state index contributed by atoms with van der Waals surface area (Å²) in [5, 5.41) is 10.1. The van der Waals surface area contributed by atoms with E-state index in [1.54, 1.807) is 0 Å². The predicted molar refractivity (Wildman–Crippen MR) is 99.9 cm³/mol. The quantitative estimate of drug-likeness (QED) is 0.835. The van der Waals surface area contributed by atoms with Crippen molar-refractivity contribution in [1.82, 2.24) is 0 Å². The molecule has 2 aromatic rings. The number of hydrogen-bond acceptors (Lipinski definition) is 1. The molecule has 1 aromatic heterocycles. The van der Waals surface area contributed by atoms with Gasteiger partial charge in [-0.3, -0.25) is 0 Å². The Hall–Kier alpha value is -1.90. The van der Waals surface area contributed by atoms with Crippen LogP contribution in [0.4, 0.5) is 0 Å². The van der Waals surface area contributed by atoms with Gasteiger partial charge >= 0.3 is 0 Å². The topological polar surface area (TPSA) is 20.2 Å². The molecule has 1 nitrogen and oxygen atoms in total. The van der Waals surface area contributed by atoms with Crippen LogP contribution in [0.3, 0.4) is 0 Å². The molecule has 1 heterocycles. The summed E-state index contributed by atoms with van der Waals surface area (Å²) < 4.78 is 1.26. The zero-order valence-corrected chi connectivity index (χ0v) is 14.1. The summed E-state index contributed by atoms with van der Waals surface area (Å²) in [5.41, 5.74) is 2.39. The first-order valence-corrected chi connectivity index (χ1v) is 8.66. The van der Waals surface area contributed by atoms with Crippen molar-refractivity contribution >= 4 is 29.2 Å². The Balaban J connectivity index is 2.70. The molecule has 2 heteroatoms. The average molecular weight is 311 g/mol. The molecule has 0 spiro atoms. The molecule has 1 N–H and O–H groups in total. The van der Waals surface area contributed by atoms with Gasteiger partial charge in [-0.2, -0.15) is 0 Å². The van der Waals surface area contributed by atoms with Crippen LogP contribution in [0.25, 0.3) is 23.6 Å². The monoisotopic (exact) mass is 311 g/mol. The van der Waals surface area contributed by atoms with Gasteiger partial charge in [-0.25, -0.2) is 0 Å². The lowest BCUT2D eigenvalue weighted by atomic mass is 10.2. The molecule has 0 aliphatic rings. The van der Waals surface area contributed by atoms with Crippen molar-refractivity contribution in [3.05, 3.63) is 68.8 Å². The van der Waals surface area contributed by atoms with Crippen molar-refractivity contribution in [2.45, 2.75) is 20.3 Å². The highest BCUT2D eigenvalue weighted by molar-refractivity contribution is 7.39. The number of aliphatic hydroxyl groups excluding tert-OH is 1. The second-order valence-electron chi connectivity index (χ2n) is 5.15. The first-order chi connectivity index (χ1) is 10.6. The van der Waals surface area contributed by atoms with Crippen LogP contribution >= 0.6 is 10.5 Å². The van der Waals surface area contributed by atoms with Crippen LogP contribution in [0.1, 0.15) is 22.9 Å². The van der Waals surface area contributed by atoms with Gasteiger partial charge in [-0.1, -0.05) is 37.4 Å². The molecule has 0 bridgehead atoms. The molecule has 0 aliphatic carbocycles. The fourth-order valence-corrected chi connectivity index (χ4v) is 4.86. The second-order valence-corrected chi connectivity index (χ2v) is 7.12. The Kier molecular flexibility index (Phi) is 5.53. The third kappa shape index (κ3) is 3.13. The minimum absolute atomic E-state index is 0.131. The first kappa shape index (κ1) is 16.5. The van der Waals surface area contributed by atoms with Crippen LogP contribution in [0.2, 0.25) is 0 Å². The molecule has 22 heavy (non-hydrogen) atoms. The van der Waals surface area contributed by atoms with Crippen molar-refractivity contribution in [2.75, 3.05) is 6.61 Å². The number of rotatable bonds is 5. The van der Waals surface area contributed by atoms with Crippen molar-refractivity contribution in [3.63, 3.8) is 0 Å². The Morgan fingerprint density at radius 2 is 1.91 bits per heavy atom. The summed E-state index contributed by atoms with van der Waals surface area (Å²) >= 11 is 0. The minimum atomic E-state index is -0.131. The van der Waals surface area contributed by atoms with Gasteiger partial charge in [-0.05, 0) is 50.1 Å². The molecule has 0 amide bonds. The Morgan fingerprint density at radius 1 is 1.23 bits per heavy atom. The SMILES string of the molecule is C=Cc1c(C)c(=C)/c(=C\C=C/C)[s+]1-c1ccc(CCO)cc1. The molecular weight excluding hydrogens is 288 g/mol. The van der Waals surface area contributed by atoms with Crippen LogP contribution in [-0.2, 0) is 6.42 Å². The minimum Gasteiger partial charge on any atom is -0.396 e. The molecule has 1 aromatic carbocycles. The molecule has 2 rings (SSSR count). The zero-order valence-electron chi connectivity index (χ0n) is 13.3. The molecule has 0 saturated carbocycles. The molecule has 0 saturated heterocycles. The van der Waals surface area contributed by atoms with Crippen LogP contribution in [-0.4, -0.2) is 11.7 Å². The number of allylic oxidation sites excluding steroid dienone is 2. The number of thiophene rings is 1. The Bertz CT molecular complexity index is 792. The maximum absolute atomic E-state index is 9.04. The highest BCUT2D eigenvalue weighted by atomic mass is 32.2. The third-order valence-corrected chi connectivity index (χ3v) is 6.22. The fourth-order valence-electron chi connectivity index (χ4n) is 2.49. The largest absolute Gasteiger partial charge is 0.396 e. The van der Waals surface area contributed by atoms with Crippen LogP contribution in [0, 0.1) is 6.92 Å². The van der Waals surface area contributed by atoms with E-state index in [9.17, 15) is 0 Å². The van der Waals surface area contributed by atoms with Crippen molar-refractivity contribution in [3.8, 4) is 4.90 Å². The van der Waals surface area contributed by atoms with E-state index in [-0.39, 0.29) is 17.1 Å². The maximum Gasteiger partial charge on any atom is 0.186 e. The fraction of sp³-hybridized carbons (Fsp3) is 0.200. The van der Waals surface area contributed by atoms with Crippen molar-refractivity contribution in [2.24, 2.45) is 0 Å². The van der Waals surface area contributed by atoms with E-state index in [0.29, 0.717) is 6.42 Å². The Morgan fingerprint density at radius 3 is 2.45 bits per heavy atom. The molecule has 114 valence electrons. The Labute approximate surface area is 135 Å². The van der Waals surface area contributed by atoms with E-state index < -0.39 is 0 Å². The van der Waals surface area contributed by atoms with Gasteiger partial charge in [0.2, 0.25) is 0 Å². The van der Waals surface area contributed by atoms with Crippen LogP contribution < -0.4 is 9.75 Å². The van der Waals surface area contributed by atoms with Crippen LogP contribution in [0.5, 0.6) is 0 Å². The molecule has 1 unspecified atom stereocenters. The average Bonchev–Trinajstić information content (AvgIpc) is 2.77. The van der Waals surface area contributed by atoms with Crippen molar-refractivity contribution < 1.29 is 5.11 Å². The first-order valence-electron chi connectivity index (χ1n) is 7.44. The summed E-state index contributed by atoms with van der Waals surface area (Å²) in [7, 11) is -0.131. The highest BCUT2D eigenvalue weighted by Gasteiger charge is 2.22. The highest BCUT2D eigenvalue weighted by Crippen LogP contribution is 2.32. The lowest BCUT2D eigenvalue weighted by Gasteiger charge is -1.98. The van der Waals surface area contributed by atoms with Crippen molar-refractivity contribution in [1.29, 1.82) is 0 Å². The lowest BCUT2D eigenvalue weighted by molar-refractivity contribution is 0.299. The van der Waals surface area contributed by atoms with Gasteiger partial charge in [-0.15, -0.1) is 0 Å². The van der Waals surface area contributed by atoms with Gasteiger partial charge < -0.3 is 5.11 Å². The standard InChI is InChI=1S/C20H23OS/c1-5-7-8-20-16(4)15(3)19(6-2)22(20)18-11-9-17(10-12-18)13-14-21/h5-12,21H,2,4,13-14H2,1,3H3/q+1/b7-5-,20-8+. The summed E-state index contributed by atoms with van der Waals surface area (Å²) in [4.78, 5) is 2.53. The molecule has 1 atom stereocenters. The molecule has 0 radical (unpaired) electrons. The predicted octanol–water partition coefficient (Wildman–Crippen LogP) is 3.68. The smallest absolute Gasteiger partial charge is 0.186 e. The van der Waals surface area contributed by atoms with E-state index in [1.807, 2.05) is 19.1 Å². The summed E-state index contributed by atoms with van der Waals surface area (Å²) in [5.74, 6) is 0. The van der Waals surface area contributed by atoms with Gasteiger partial charge in [0.15, 0.2) is 14.3 Å². The van der Waals surface area contributed by atoms with E-state index in [2.05, 4.69) is 56.5 Å². The summed E-state index contributed by atoms with van der Waals surface area (Å²) in [6.45, 7) is 12.6. The molecular formula is C20H23OS+. The van der Waals surface area contributed by atoms with Gasteiger partial charge in [0.05, 0.1) is 0 Å². The summed E-state index contributed by atoms with van der Waals surface area (Å²) in [6, 6.07) is 8.52. The normalized spacial score (nSPS) is 13.0. The van der Waals surface area contributed by atoms with Gasteiger partial charge in [0, 0.05) is 27.9 Å². The number of aliphatic hydroxyl groups is 1. The lowest BCUT2D eigenvalue weighted by Crippen LogP contribution is -2.19. The molecule has 0 fully saturated rings. The van der Waals surface area contributed by atoms with Crippen LogP contribution in [0.15, 0.2) is 43.0 Å². The van der Waals surface area contributed by atoms with E-state index in [0.717, 1.165) is 10.8 Å². The van der Waals surface area contributed by atoms with E-state index >= 15 is 0 Å². The second kappa shape index (κ2) is 7.39. The van der Waals surface area contributed by atoms with Gasteiger partial charge in [0.1, 0.15) is 0 Å². The molecule has 0 aliphatic heterocycles.